The summed E-state index contributed by atoms with van der Waals surface area (Å²) in [6.07, 6.45) is 1.68. The Balaban J connectivity index is 2.03. The molecule has 2 fully saturated rings. The first kappa shape index (κ1) is 8.52. The van der Waals surface area contributed by atoms with Crippen LogP contribution in [0.4, 0.5) is 0 Å². The van der Waals surface area contributed by atoms with Crippen molar-refractivity contribution in [2.75, 3.05) is 19.8 Å². The van der Waals surface area contributed by atoms with E-state index in [1.165, 1.54) is 6.42 Å². The Bertz CT molecular complexity index is 156. The quantitative estimate of drug-likeness (QED) is 0.551. The highest BCUT2D eigenvalue weighted by Gasteiger charge is 2.37. The lowest BCUT2D eigenvalue weighted by atomic mass is 9.75. The van der Waals surface area contributed by atoms with Crippen molar-refractivity contribution in [2.45, 2.75) is 26.4 Å². The average molecular weight is 170 g/mol. The van der Waals surface area contributed by atoms with Gasteiger partial charge < -0.3 is 9.47 Å². The number of ether oxygens (including phenoxy) is 2. The lowest BCUT2D eigenvalue weighted by Crippen LogP contribution is -2.44. The van der Waals surface area contributed by atoms with E-state index >= 15 is 0 Å². The van der Waals surface area contributed by atoms with Gasteiger partial charge in [0.25, 0.3) is 0 Å². The van der Waals surface area contributed by atoms with Crippen LogP contribution in [0.15, 0.2) is 0 Å². The molecule has 2 heteroatoms. The van der Waals surface area contributed by atoms with E-state index in [9.17, 15) is 0 Å². The first-order valence-electron chi connectivity index (χ1n) is 4.98. The van der Waals surface area contributed by atoms with Crippen LogP contribution in [0.1, 0.15) is 20.3 Å². The van der Waals surface area contributed by atoms with Crippen LogP contribution in [0.2, 0.25) is 0 Å². The number of fused-ring (bicyclic) bond motifs is 1. The van der Waals surface area contributed by atoms with Crippen LogP contribution >= 0.6 is 0 Å². The highest BCUT2D eigenvalue weighted by atomic mass is 16.5. The predicted octanol–water partition coefficient (Wildman–Crippen LogP) is 1.69. The molecular weight excluding hydrogens is 152 g/mol. The van der Waals surface area contributed by atoms with Crippen LogP contribution in [0.5, 0.6) is 0 Å². The van der Waals surface area contributed by atoms with Crippen LogP contribution in [0.25, 0.3) is 0 Å². The standard InChI is InChI=1S/C10H18O2/c1-7-8(2)12-6-9-5-11-4-3-10(7)9/h7-10H,3-6H2,1-2H3/t7-,8+,9?,10?/m1/s1. The van der Waals surface area contributed by atoms with Crippen molar-refractivity contribution in [3.63, 3.8) is 0 Å². The summed E-state index contributed by atoms with van der Waals surface area (Å²) in [5, 5.41) is 0. The maximum absolute atomic E-state index is 5.68. The van der Waals surface area contributed by atoms with E-state index in [2.05, 4.69) is 13.8 Å². The van der Waals surface area contributed by atoms with Crippen molar-refractivity contribution in [1.29, 1.82) is 0 Å². The highest BCUT2D eigenvalue weighted by molar-refractivity contribution is 4.84. The van der Waals surface area contributed by atoms with Gasteiger partial charge >= 0.3 is 0 Å². The summed E-state index contributed by atoms with van der Waals surface area (Å²) in [7, 11) is 0. The Hall–Kier alpha value is -0.0800. The van der Waals surface area contributed by atoms with Crippen molar-refractivity contribution < 1.29 is 9.47 Å². The van der Waals surface area contributed by atoms with Gasteiger partial charge in [-0.1, -0.05) is 6.92 Å². The minimum atomic E-state index is 0.448. The van der Waals surface area contributed by atoms with Crippen LogP contribution < -0.4 is 0 Å². The van der Waals surface area contributed by atoms with Gasteiger partial charge in [-0.2, -0.15) is 0 Å². The van der Waals surface area contributed by atoms with Crippen molar-refractivity contribution in [2.24, 2.45) is 17.8 Å². The lowest BCUT2D eigenvalue weighted by molar-refractivity contribution is -0.126. The van der Waals surface area contributed by atoms with Gasteiger partial charge in [-0.25, -0.2) is 0 Å². The molecule has 0 saturated carbocycles. The minimum Gasteiger partial charge on any atom is -0.381 e. The summed E-state index contributed by atoms with van der Waals surface area (Å²) in [5.41, 5.74) is 0. The molecule has 2 rings (SSSR count). The Kier molecular flexibility index (Phi) is 2.37. The summed E-state index contributed by atoms with van der Waals surface area (Å²) in [6, 6.07) is 0. The van der Waals surface area contributed by atoms with Gasteiger partial charge in [0.1, 0.15) is 0 Å². The molecule has 12 heavy (non-hydrogen) atoms. The van der Waals surface area contributed by atoms with E-state index in [4.69, 9.17) is 9.47 Å². The molecular formula is C10H18O2. The summed E-state index contributed by atoms with van der Waals surface area (Å²) >= 11 is 0. The summed E-state index contributed by atoms with van der Waals surface area (Å²) < 4.78 is 11.1. The summed E-state index contributed by atoms with van der Waals surface area (Å²) in [6.45, 7) is 7.29. The molecule has 2 nitrogen and oxygen atoms in total. The van der Waals surface area contributed by atoms with Crippen LogP contribution in [-0.2, 0) is 9.47 Å². The van der Waals surface area contributed by atoms with Crippen LogP contribution in [-0.4, -0.2) is 25.9 Å². The molecule has 0 aromatic carbocycles. The Morgan fingerprint density at radius 1 is 1.17 bits per heavy atom. The second-order valence-electron chi connectivity index (χ2n) is 4.19. The third-order valence-electron chi connectivity index (χ3n) is 3.52. The molecule has 0 amide bonds. The van der Waals surface area contributed by atoms with Gasteiger partial charge in [-0.3, -0.25) is 0 Å². The zero-order chi connectivity index (χ0) is 8.55. The fourth-order valence-corrected chi connectivity index (χ4v) is 2.45. The lowest BCUT2D eigenvalue weighted by Gasteiger charge is -2.42. The van der Waals surface area contributed by atoms with Crippen molar-refractivity contribution in [1.82, 2.24) is 0 Å². The van der Waals surface area contributed by atoms with E-state index in [0.29, 0.717) is 17.9 Å². The van der Waals surface area contributed by atoms with E-state index in [1.54, 1.807) is 0 Å². The number of rotatable bonds is 0. The SMILES string of the molecule is C[C@@H]1OCC2COCCC2[C@@H]1C. The van der Waals surface area contributed by atoms with Crippen molar-refractivity contribution in [3.8, 4) is 0 Å². The van der Waals surface area contributed by atoms with Gasteiger partial charge in [0.2, 0.25) is 0 Å². The van der Waals surface area contributed by atoms with Crippen LogP contribution in [0.3, 0.4) is 0 Å². The maximum atomic E-state index is 5.68. The first-order chi connectivity index (χ1) is 5.79. The average Bonchev–Trinajstić information content (AvgIpc) is 2.12. The molecule has 2 unspecified atom stereocenters. The Labute approximate surface area is 74.2 Å². The van der Waals surface area contributed by atoms with Crippen molar-refractivity contribution in [3.05, 3.63) is 0 Å². The molecule has 0 spiro atoms. The second-order valence-corrected chi connectivity index (χ2v) is 4.19. The topological polar surface area (TPSA) is 18.5 Å². The van der Waals surface area contributed by atoms with Gasteiger partial charge in [0.15, 0.2) is 0 Å². The third kappa shape index (κ3) is 1.38. The number of hydrogen-bond donors (Lipinski definition) is 0. The van der Waals surface area contributed by atoms with E-state index < -0.39 is 0 Å². The molecule has 70 valence electrons. The number of hydrogen-bond acceptors (Lipinski definition) is 2. The normalized spacial score (nSPS) is 48.5. The molecule has 2 heterocycles. The molecule has 0 N–H and O–H groups in total. The highest BCUT2D eigenvalue weighted by Crippen LogP contribution is 2.35. The van der Waals surface area contributed by atoms with Gasteiger partial charge in [-0.15, -0.1) is 0 Å². The largest absolute Gasteiger partial charge is 0.381 e. The summed E-state index contributed by atoms with van der Waals surface area (Å²) in [4.78, 5) is 0. The predicted molar refractivity (Wildman–Crippen MR) is 47.0 cm³/mol. The molecule has 0 radical (unpaired) electrons. The molecule has 0 aliphatic carbocycles. The molecule has 0 aromatic heterocycles. The van der Waals surface area contributed by atoms with E-state index in [1.807, 2.05) is 0 Å². The Morgan fingerprint density at radius 2 is 2.00 bits per heavy atom. The zero-order valence-electron chi connectivity index (χ0n) is 7.95. The smallest absolute Gasteiger partial charge is 0.0575 e. The third-order valence-corrected chi connectivity index (χ3v) is 3.52. The fourth-order valence-electron chi connectivity index (χ4n) is 2.45. The van der Waals surface area contributed by atoms with Gasteiger partial charge in [0, 0.05) is 12.5 Å². The zero-order valence-corrected chi connectivity index (χ0v) is 7.95. The molecule has 2 aliphatic rings. The first-order valence-corrected chi connectivity index (χ1v) is 4.98. The molecule has 0 bridgehead atoms. The second kappa shape index (κ2) is 3.35. The van der Waals surface area contributed by atoms with Crippen LogP contribution in [0, 0.1) is 17.8 Å². The van der Waals surface area contributed by atoms with Gasteiger partial charge in [-0.05, 0) is 25.2 Å². The Morgan fingerprint density at radius 3 is 2.83 bits per heavy atom. The summed E-state index contributed by atoms with van der Waals surface area (Å²) in [5.74, 6) is 2.24. The van der Waals surface area contributed by atoms with E-state index in [-0.39, 0.29) is 0 Å². The molecule has 4 atom stereocenters. The fraction of sp³-hybridized carbons (Fsp3) is 1.00. The maximum Gasteiger partial charge on any atom is 0.0575 e. The minimum absolute atomic E-state index is 0.448. The molecule has 2 aliphatic heterocycles. The van der Waals surface area contributed by atoms with Crippen molar-refractivity contribution >= 4 is 0 Å². The molecule has 0 aromatic rings. The molecule has 2 saturated heterocycles. The monoisotopic (exact) mass is 170 g/mol. The van der Waals surface area contributed by atoms with Gasteiger partial charge in [0.05, 0.1) is 19.3 Å². The van der Waals surface area contributed by atoms with E-state index in [0.717, 1.165) is 25.7 Å².